The van der Waals surface area contributed by atoms with Gasteiger partial charge in [0.05, 0.1) is 13.2 Å². The minimum atomic E-state index is 0.534. The van der Waals surface area contributed by atoms with Gasteiger partial charge in [-0.25, -0.2) is 0 Å². The van der Waals surface area contributed by atoms with Crippen LogP contribution in [-0.2, 0) is 16.2 Å². The van der Waals surface area contributed by atoms with Crippen molar-refractivity contribution in [2.24, 2.45) is 10.1 Å². The lowest BCUT2D eigenvalue weighted by Crippen LogP contribution is -2.29. The molecule has 18 heavy (non-hydrogen) atoms. The molecule has 0 spiro atoms. The van der Waals surface area contributed by atoms with Crippen molar-refractivity contribution in [3.63, 3.8) is 0 Å². The molecule has 0 radical (unpaired) electrons. The summed E-state index contributed by atoms with van der Waals surface area (Å²) >= 11 is 0. The summed E-state index contributed by atoms with van der Waals surface area (Å²) in [6.07, 6.45) is 0. The highest BCUT2D eigenvalue weighted by Gasteiger charge is 2.18. The topological polar surface area (TPSA) is 55.2 Å². The summed E-state index contributed by atoms with van der Waals surface area (Å²) in [5.74, 6) is 0.778. The van der Waals surface area contributed by atoms with Crippen LogP contribution in [0.25, 0.3) is 0 Å². The number of rotatable bonds is 5. The maximum absolute atomic E-state index is 5.20. The number of methoxy groups -OCH3 is 1. The van der Waals surface area contributed by atoms with Crippen LogP contribution in [0, 0.1) is 0 Å². The number of aliphatic imine (C=N–C) groups is 1. The zero-order valence-electron chi connectivity index (χ0n) is 10.6. The fourth-order valence-corrected chi connectivity index (χ4v) is 1.90. The second-order valence-electron chi connectivity index (χ2n) is 3.87. The van der Waals surface area contributed by atoms with E-state index in [4.69, 9.17) is 9.57 Å². The number of ether oxygens (including phenoxy) is 1. The van der Waals surface area contributed by atoms with E-state index in [1.807, 2.05) is 24.3 Å². The van der Waals surface area contributed by atoms with Crippen molar-refractivity contribution in [1.82, 2.24) is 5.32 Å². The van der Waals surface area contributed by atoms with Crippen molar-refractivity contribution in [2.45, 2.75) is 6.61 Å². The first-order chi connectivity index (χ1) is 8.86. The molecule has 1 heterocycles. The molecule has 1 aliphatic heterocycles. The Labute approximate surface area is 107 Å². The molecule has 1 aromatic rings. The second kappa shape index (κ2) is 6.16. The molecule has 1 aromatic carbocycles. The fraction of sp³-hybridized carbons (Fsp3) is 0.385. The summed E-state index contributed by atoms with van der Waals surface area (Å²) in [5, 5.41) is 7.29. The number of hydrogen-bond acceptors (Lipinski definition) is 5. The Balaban J connectivity index is 2.39. The molecule has 0 aromatic heterocycles. The molecular formula is C13H17N3O2. The van der Waals surface area contributed by atoms with Crippen LogP contribution in [0.1, 0.15) is 11.1 Å². The number of hydrogen-bond donors (Lipinski definition) is 1. The molecule has 0 bridgehead atoms. The van der Waals surface area contributed by atoms with E-state index in [2.05, 4.69) is 15.5 Å². The third-order valence-electron chi connectivity index (χ3n) is 2.65. The molecule has 0 amide bonds. The van der Waals surface area contributed by atoms with E-state index >= 15 is 0 Å². The lowest BCUT2D eigenvalue weighted by Gasteiger charge is -2.11. The van der Waals surface area contributed by atoms with Crippen molar-refractivity contribution in [1.29, 1.82) is 0 Å². The highest BCUT2D eigenvalue weighted by atomic mass is 16.6. The molecule has 0 atom stereocenters. The molecule has 0 aliphatic carbocycles. The first kappa shape index (κ1) is 12.6. The normalized spacial score (nSPS) is 15.2. The average Bonchev–Trinajstić information content (AvgIpc) is 2.91. The molecule has 0 fully saturated rings. The van der Waals surface area contributed by atoms with E-state index in [0.29, 0.717) is 6.61 Å². The Kier molecular flexibility index (Phi) is 4.30. The van der Waals surface area contributed by atoms with Gasteiger partial charge in [-0.3, -0.25) is 4.99 Å². The number of oxime groups is 1. The fourth-order valence-electron chi connectivity index (χ4n) is 1.90. The summed E-state index contributed by atoms with van der Waals surface area (Å²) in [6, 6.07) is 7.95. The summed E-state index contributed by atoms with van der Waals surface area (Å²) in [5.41, 5.74) is 2.77. The van der Waals surface area contributed by atoms with Gasteiger partial charge in [-0.2, -0.15) is 0 Å². The predicted molar refractivity (Wildman–Crippen MR) is 71.0 cm³/mol. The molecular weight excluding hydrogens is 230 g/mol. The Morgan fingerprint density at radius 2 is 2.22 bits per heavy atom. The summed E-state index contributed by atoms with van der Waals surface area (Å²) in [6.45, 7) is 2.14. The zero-order valence-corrected chi connectivity index (χ0v) is 10.6. The van der Waals surface area contributed by atoms with Crippen LogP contribution >= 0.6 is 0 Å². The highest BCUT2D eigenvalue weighted by molar-refractivity contribution is 6.48. The van der Waals surface area contributed by atoms with E-state index < -0.39 is 0 Å². The van der Waals surface area contributed by atoms with E-state index in [0.717, 1.165) is 35.8 Å². The maximum Gasteiger partial charge on any atom is 0.152 e. The van der Waals surface area contributed by atoms with Crippen molar-refractivity contribution in [3.05, 3.63) is 35.4 Å². The zero-order chi connectivity index (χ0) is 12.8. The summed E-state index contributed by atoms with van der Waals surface area (Å²) < 4.78 is 5.20. The molecule has 96 valence electrons. The quantitative estimate of drug-likeness (QED) is 0.628. The van der Waals surface area contributed by atoms with Gasteiger partial charge in [0.25, 0.3) is 0 Å². The van der Waals surface area contributed by atoms with Gasteiger partial charge in [0, 0.05) is 19.2 Å². The van der Waals surface area contributed by atoms with Gasteiger partial charge < -0.3 is 14.9 Å². The molecule has 0 saturated heterocycles. The molecule has 5 heteroatoms. The van der Waals surface area contributed by atoms with Gasteiger partial charge in [-0.05, 0) is 5.56 Å². The van der Waals surface area contributed by atoms with E-state index in [9.17, 15) is 0 Å². The van der Waals surface area contributed by atoms with Crippen LogP contribution in [0.3, 0.4) is 0 Å². The largest absolute Gasteiger partial charge is 0.399 e. The van der Waals surface area contributed by atoms with Crippen molar-refractivity contribution in [3.8, 4) is 0 Å². The number of nitrogens with one attached hydrogen (secondary N) is 1. The van der Waals surface area contributed by atoms with Crippen molar-refractivity contribution in [2.75, 3.05) is 27.3 Å². The van der Waals surface area contributed by atoms with Gasteiger partial charge >= 0.3 is 0 Å². The smallest absolute Gasteiger partial charge is 0.152 e. The number of nitrogens with zero attached hydrogens (tertiary/aromatic N) is 2. The molecule has 1 aliphatic rings. The number of amidine groups is 1. The lowest BCUT2D eigenvalue weighted by atomic mass is 10.0. The monoisotopic (exact) mass is 247 g/mol. The molecule has 0 unspecified atom stereocenters. The van der Waals surface area contributed by atoms with Crippen LogP contribution in [0.15, 0.2) is 34.4 Å². The molecule has 2 rings (SSSR count). The summed E-state index contributed by atoms with van der Waals surface area (Å²) in [7, 11) is 3.21. The van der Waals surface area contributed by atoms with Crippen LogP contribution in [0.4, 0.5) is 0 Å². The van der Waals surface area contributed by atoms with Crippen molar-refractivity contribution >= 4 is 11.5 Å². The first-order valence-corrected chi connectivity index (χ1v) is 5.84. The predicted octanol–water partition coefficient (Wildman–Crippen LogP) is 1.19. The van der Waals surface area contributed by atoms with Gasteiger partial charge in [-0.15, -0.1) is 0 Å². The second-order valence-corrected chi connectivity index (χ2v) is 3.87. The average molecular weight is 247 g/mol. The Morgan fingerprint density at radius 1 is 1.39 bits per heavy atom. The van der Waals surface area contributed by atoms with Crippen LogP contribution in [0.5, 0.6) is 0 Å². The van der Waals surface area contributed by atoms with Crippen LogP contribution < -0.4 is 5.32 Å². The molecule has 0 saturated carbocycles. The SMILES string of the molecule is COCc1ccccc1/C(=N\OC)C1=NCCN1. The maximum atomic E-state index is 5.20. The van der Waals surface area contributed by atoms with Crippen molar-refractivity contribution < 1.29 is 9.57 Å². The van der Waals surface area contributed by atoms with E-state index in [1.165, 1.54) is 7.11 Å². The molecule has 1 N–H and O–H groups in total. The third kappa shape index (κ3) is 2.68. The van der Waals surface area contributed by atoms with Crippen LogP contribution in [-0.4, -0.2) is 38.9 Å². The van der Waals surface area contributed by atoms with Crippen LogP contribution in [0.2, 0.25) is 0 Å². The van der Waals surface area contributed by atoms with Gasteiger partial charge in [0.2, 0.25) is 0 Å². The third-order valence-corrected chi connectivity index (χ3v) is 2.65. The molecule has 5 nitrogen and oxygen atoms in total. The number of benzene rings is 1. The minimum Gasteiger partial charge on any atom is -0.399 e. The van der Waals surface area contributed by atoms with Gasteiger partial charge in [0.1, 0.15) is 7.11 Å². The van der Waals surface area contributed by atoms with E-state index in [1.54, 1.807) is 7.11 Å². The lowest BCUT2D eigenvalue weighted by molar-refractivity contribution is 0.184. The van der Waals surface area contributed by atoms with E-state index in [-0.39, 0.29) is 0 Å². The Morgan fingerprint density at radius 3 is 2.89 bits per heavy atom. The van der Waals surface area contributed by atoms with Gasteiger partial charge in [0.15, 0.2) is 11.5 Å². The van der Waals surface area contributed by atoms with Gasteiger partial charge in [-0.1, -0.05) is 29.4 Å². The highest BCUT2D eigenvalue weighted by Crippen LogP contribution is 2.13. The Bertz CT molecular complexity index is 469. The Hall–Kier alpha value is -1.88. The standard InChI is InChI=1S/C13H17N3O2/c1-17-9-10-5-3-4-6-11(10)12(16-18-2)13-14-7-8-15-13/h3-6H,7-9H2,1-2H3,(H,14,15)/b16-12+. The summed E-state index contributed by atoms with van der Waals surface area (Å²) in [4.78, 5) is 9.32. The minimum absolute atomic E-state index is 0.534. The first-order valence-electron chi connectivity index (χ1n) is 5.84.